The summed E-state index contributed by atoms with van der Waals surface area (Å²) in [6.07, 6.45) is 3.54. The summed E-state index contributed by atoms with van der Waals surface area (Å²) in [6.45, 7) is -2.48. The predicted octanol–water partition coefficient (Wildman–Crippen LogP) is 3.75. The van der Waals surface area contributed by atoms with Crippen molar-refractivity contribution in [2.75, 3.05) is 7.05 Å². The largest absolute Gasteiger partial charge is 0.435 e. The van der Waals surface area contributed by atoms with Crippen LogP contribution in [0.4, 0.5) is 8.78 Å². The Balaban J connectivity index is 1.68. The second-order valence-corrected chi connectivity index (χ2v) is 5.68. The Morgan fingerprint density at radius 1 is 1.19 bits per heavy atom. The first-order valence-corrected chi connectivity index (χ1v) is 7.92. The molecule has 3 aromatic rings. The van der Waals surface area contributed by atoms with Gasteiger partial charge in [-0.25, -0.2) is 4.68 Å². The molecule has 0 saturated heterocycles. The highest BCUT2D eigenvalue weighted by Gasteiger charge is 2.13. The molecule has 0 unspecified atom stereocenters. The highest BCUT2D eigenvalue weighted by atomic mass is 19.3. The van der Waals surface area contributed by atoms with E-state index in [1.807, 2.05) is 36.5 Å². The van der Waals surface area contributed by atoms with Crippen molar-refractivity contribution in [2.24, 2.45) is 0 Å². The molecule has 2 aromatic carbocycles. The summed E-state index contributed by atoms with van der Waals surface area (Å²) in [4.78, 5) is 14.1. The smallest absolute Gasteiger partial charge is 0.387 e. The number of benzene rings is 2. The van der Waals surface area contributed by atoms with Crippen LogP contribution in [0.2, 0.25) is 0 Å². The van der Waals surface area contributed by atoms with Crippen molar-refractivity contribution in [1.29, 1.82) is 0 Å². The maximum atomic E-state index is 12.5. The van der Waals surface area contributed by atoms with Crippen molar-refractivity contribution in [2.45, 2.75) is 13.2 Å². The van der Waals surface area contributed by atoms with Gasteiger partial charge in [-0.1, -0.05) is 12.1 Å². The number of halogens is 2. The maximum Gasteiger partial charge on any atom is 0.387 e. The Morgan fingerprint density at radius 3 is 2.62 bits per heavy atom. The third-order valence-corrected chi connectivity index (χ3v) is 3.77. The van der Waals surface area contributed by atoms with Gasteiger partial charge in [-0.2, -0.15) is 13.9 Å². The molecule has 0 N–H and O–H groups in total. The SMILES string of the molecule is CN(Cc1cccc(-n2cccn2)c1)C(=O)c1ccc(OC(F)F)cc1. The van der Waals surface area contributed by atoms with E-state index in [0.717, 1.165) is 11.3 Å². The highest BCUT2D eigenvalue weighted by Crippen LogP contribution is 2.17. The van der Waals surface area contributed by atoms with E-state index in [2.05, 4.69) is 9.84 Å². The number of rotatable bonds is 6. The summed E-state index contributed by atoms with van der Waals surface area (Å²) in [5.74, 6) is -0.191. The van der Waals surface area contributed by atoms with Gasteiger partial charge in [-0.15, -0.1) is 0 Å². The number of carbonyl (C=O) groups excluding carboxylic acids is 1. The number of nitrogens with zero attached hydrogens (tertiary/aromatic N) is 3. The molecule has 0 bridgehead atoms. The Bertz CT molecular complexity index is 865. The van der Waals surface area contributed by atoms with E-state index in [9.17, 15) is 13.6 Å². The van der Waals surface area contributed by atoms with Crippen molar-refractivity contribution in [3.8, 4) is 11.4 Å². The van der Waals surface area contributed by atoms with Crippen LogP contribution in [0.5, 0.6) is 5.75 Å². The fraction of sp³-hybridized carbons (Fsp3) is 0.158. The van der Waals surface area contributed by atoms with E-state index in [1.165, 1.54) is 24.3 Å². The average Bonchev–Trinajstić information content (AvgIpc) is 3.16. The molecule has 7 heteroatoms. The van der Waals surface area contributed by atoms with Gasteiger partial charge in [0.15, 0.2) is 0 Å². The van der Waals surface area contributed by atoms with E-state index in [-0.39, 0.29) is 11.7 Å². The van der Waals surface area contributed by atoms with Crippen LogP contribution in [-0.4, -0.2) is 34.2 Å². The first kappa shape index (κ1) is 17.6. The van der Waals surface area contributed by atoms with Crippen molar-refractivity contribution in [1.82, 2.24) is 14.7 Å². The molecule has 26 heavy (non-hydrogen) atoms. The third-order valence-electron chi connectivity index (χ3n) is 3.77. The Hall–Kier alpha value is -3.22. The zero-order valence-corrected chi connectivity index (χ0v) is 14.0. The third kappa shape index (κ3) is 4.24. The zero-order valence-electron chi connectivity index (χ0n) is 14.0. The van der Waals surface area contributed by atoms with Crippen LogP contribution >= 0.6 is 0 Å². The monoisotopic (exact) mass is 357 g/mol. The molecule has 5 nitrogen and oxygen atoms in total. The number of amides is 1. The first-order chi connectivity index (χ1) is 12.5. The van der Waals surface area contributed by atoms with Gasteiger partial charge in [-0.05, 0) is 48.0 Å². The van der Waals surface area contributed by atoms with E-state index >= 15 is 0 Å². The minimum atomic E-state index is -2.89. The van der Waals surface area contributed by atoms with Gasteiger partial charge in [-0.3, -0.25) is 4.79 Å². The minimum absolute atomic E-state index is 0.0196. The predicted molar refractivity (Wildman–Crippen MR) is 92.4 cm³/mol. The lowest BCUT2D eigenvalue weighted by Gasteiger charge is -2.18. The standard InChI is InChI=1S/C19H17F2N3O2/c1-23(18(25)15-6-8-17(9-7-15)26-19(20)21)13-14-4-2-5-16(12-14)24-11-3-10-22-24/h2-12,19H,13H2,1H3. The molecule has 3 rings (SSSR count). The fourth-order valence-corrected chi connectivity index (χ4v) is 2.56. The normalized spacial score (nSPS) is 10.8. The van der Waals surface area contributed by atoms with Gasteiger partial charge < -0.3 is 9.64 Å². The molecule has 1 amide bonds. The molecular weight excluding hydrogens is 340 g/mol. The lowest BCUT2D eigenvalue weighted by Crippen LogP contribution is -2.26. The Kier molecular flexibility index (Phi) is 5.26. The lowest BCUT2D eigenvalue weighted by molar-refractivity contribution is -0.0498. The van der Waals surface area contributed by atoms with Gasteiger partial charge >= 0.3 is 6.61 Å². The molecule has 0 aliphatic rings. The summed E-state index contributed by atoms with van der Waals surface area (Å²) in [5, 5.41) is 4.19. The summed E-state index contributed by atoms with van der Waals surface area (Å²) >= 11 is 0. The molecule has 0 spiro atoms. The van der Waals surface area contributed by atoms with Crippen molar-refractivity contribution in [3.05, 3.63) is 78.1 Å². The molecule has 1 heterocycles. The maximum absolute atomic E-state index is 12.5. The molecule has 0 aliphatic carbocycles. The summed E-state index contributed by atoms with van der Waals surface area (Å²) in [6, 6.07) is 15.2. The average molecular weight is 357 g/mol. The number of carbonyl (C=O) groups is 1. The fourth-order valence-electron chi connectivity index (χ4n) is 2.56. The first-order valence-electron chi connectivity index (χ1n) is 7.92. The number of hydrogen-bond donors (Lipinski definition) is 0. The molecule has 0 radical (unpaired) electrons. The van der Waals surface area contributed by atoms with Crippen LogP contribution < -0.4 is 4.74 Å². The van der Waals surface area contributed by atoms with Crippen LogP contribution in [0, 0.1) is 0 Å². The van der Waals surface area contributed by atoms with Gasteiger partial charge in [0.1, 0.15) is 5.75 Å². The summed E-state index contributed by atoms with van der Waals surface area (Å²) in [5.41, 5.74) is 2.26. The minimum Gasteiger partial charge on any atom is -0.435 e. The molecule has 134 valence electrons. The second-order valence-electron chi connectivity index (χ2n) is 5.68. The van der Waals surface area contributed by atoms with Gasteiger partial charge in [0.05, 0.1) is 5.69 Å². The quantitative estimate of drug-likeness (QED) is 0.675. The van der Waals surface area contributed by atoms with Crippen LogP contribution in [0.3, 0.4) is 0 Å². The van der Waals surface area contributed by atoms with Crippen LogP contribution in [0.1, 0.15) is 15.9 Å². The van der Waals surface area contributed by atoms with Gasteiger partial charge in [0.2, 0.25) is 0 Å². The Morgan fingerprint density at radius 2 is 1.96 bits per heavy atom. The van der Waals surface area contributed by atoms with Crippen molar-refractivity contribution in [3.63, 3.8) is 0 Å². The molecule has 0 saturated carbocycles. The molecular formula is C19H17F2N3O2. The van der Waals surface area contributed by atoms with Gasteiger partial charge in [0, 0.05) is 31.5 Å². The van der Waals surface area contributed by atoms with Crippen LogP contribution in [0.25, 0.3) is 5.69 Å². The number of ether oxygens (including phenoxy) is 1. The van der Waals surface area contributed by atoms with E-state index in [1.54, 1.807) is 22.8 Å². The van der Waals surface area contributed by atoms with E-state index < -0.39 is 6.61 Å². The number of aromatic nitrogens is 2. The zero-order chi connectivity index (χ0) is 18.5. The van der Waals surface area contributed by atoms with Crippen LogP contribution in [0.15, 0.2) is 67.0 Å². The number of hydrogen-bond acceptors (Lipinski definition) is 3. The Labute approximate surface area is 149 Å². The topological polar surface area (TPSA) is 47.4 Å². The van der Waals surface area contributed by atoms with Gasteiger partial charge in [0.25, 0.3) is 5.91 Å². The lowest BCUT2D eigenvalue weighted by atomic mass is 10.1. The summed E-state index contributed by atoms with van der Waals surface area (Å²) in [7, 11) is 1.69. The van der Waals surface area contributed by atoms with Crippen LogP contribution in [-0.2, 0) is 6.54 Å². The highest BCUT2D eigenvalue weighted by molar-refractivity contribution is 5.94. The molecule has 0 atom stereocenters. The second kappa shape index (κ2) is 7.77. The molecule has 1 aromatic heterocycles. The summed E-state index contributed by atoms with van der Waals surface area (Å²) < 4.78 is 30.4. The van der Waals surface area contributed by atoms with E-state index in [0.29, 0.717) is 12.1 Å². The van der Waals surface area contributed by atoms with Crippen molar-refractivity contribution >= 4 is 5.91 Å². The van der Waals surface area contributed by atoms with E-state index in [4.69, 9.17) is 0 Å². The molecule has 0 aliphatic heterocycles. The van der Waals surface area contributed by atoms with Crippen molar-refractivity contribution < 1.29 is 18.3 Å². The number of alkyl halides is 2. The molecule has 0 fully saturated rings.